The van der Waals surface area contributed by atoms with E-state index < -0.39 is 0 Å². The number of amides is 1. The Labute approximate surface area is 109 Å². The molecule has 0 aliphatic rings. The van der Waals surface area contributed by atoms with Crippen LogP contribution in [0.1, 0.15) is 25.3 Å². The largest absolute Gasteiger partial charge is 0.380 e. The van der Waals surface area contributed by atoms with E-state index in [-0.39, 0.29) is 5.91 Å². The molecule has 1 aromatic carbocycles. The molecule has 0 spiro atoms. The summed E-state index contributed by atoms with van der Waals surface area (Å²) in [5.41, 5.74) is 7.34. The first-order valence-corrected chi connectivity index (χ1v) is 6.24. The molecule has 0 aliphatic carbocycles. The number of para-hydroxylation sites is 1. The number of nitrogens with two attached hydrogens (primary N) is 1. The molecule has 0 aliphatic heterocycles. The van der Waals surface area contributed by atoms with E-state index in [4.69, 9.17) is 10.5 Å². The molecule has 0 bridgehead atoms. The molecule has 1 rings (SSSR count). The van der Waals surface area contributed by atoms with Crippen LogP contribution in [0.15, 0.2) is 24.3 Å². The SMILES string of the molecule is COCc1ccccc1NC(=O)CCC(C)CN. The maximum atomic E-state index is 11.8. The van der Waals surface area contributed by atoms with Crippen LogP contribution >= 0.6 is 0 Å². The average Bonchev–Trinajstić information content (AvgIpc) is 2.38. The molecule has 0 saturated carbocycles. The first-order chi connectivity index (χ1) is 8.67. The van der Waals surface area contributed by atoms with Gasteiger partial charge >= 0.3 is 0 Å². The van der Waals surface area contributed by atoms with Crippen molar-refractivity contribution in [1.82, 2.24) is 0 Å². The number of nitrogens with one attached hydrogen (secondary N) is 1. The molecule has 0 aromatic heterocycles. The number of rotatable bonds is 7. The Morgan fingerprint density at radius 3 is 2.83 bits per heavy atom. The Bertz CT molecular complexity index is 380. The summed E-state index contributed by atoms with van der Waals surface area (Å²) in [4.78, 5) is 11.8. The van der Waals surface area contributed by atoms with Crippen LogP contribution in [0.25, 0.3) is 0 Å². The Kier molecular flexibility index (Phi) is 6.39. The molecule has 4 heteroatoms. The fourth-order valence-electron chi connectivity index (χ4n) is 1.63. The van der Waals surface area contributed by atoms with E-state index >= 15 is 0 Å². The van der Waals surface area contributed by atoms with Gasteiger partial charge in [0.05, 0.1) is 6.61 Å². The van der Waals surface area contributed by atoms with Crippen molar-refractivity contribution in [1.29, 1.82) is 0 Å². The molecular weight excluding hydrogens is 228 g/mol. The second-order valence-electron chi connectivity index (χ2n) is 4.52. The highest BCUT2D eigenvalue weighted by atomic mass is 16.5. The van der Waals surface area contributed by atoms with Gasteiger partial charge in [0.2, 0.25) is 5.91 Å². The van der Waals surface area contributed by atoms with Crippen molar-refractivity contribution >= 4 is 11.6 Å². The zero-order valence-electron chi connectivity index (χ0n) is 11.1. The zero-order chi connectivity index (χ0) is 13.4. The Morgan fingerprint density at radius 1 is 1.44 bits per heavy atom. The molecule has 1 atom stereocenters. The van der Waals surface area contributed by atoms with Crippen molar-refractivity contribution in [3.63, 3.8) is 0 Å². The van der Waals surface area contributed by atoms with Crippen LogP contribution in [0.2, 0.25) is 0 Å². The molecule has 0 fully saturated rings. The summed E-state index contributed by atoms with van der Waals surface area (Å²) in [6, 6.07) is 7.66. The van der Waals surface area contributed by atoms with Gasteiger partial charge in [0.25, 0.3) is 0 Å². The molecule has 1 unspecified atom stereocenters. The van der Waals surface area contributed by atoms with Crippen LogP contribution in [0.4, 0.5) is 5.69 Å². The predicted molar refractivity (Wildman–Crippen MR) is 73.2 cm³/mol. The standard InChI is InChI=1S/C14H22N2O2/c1-11(9-15)7-8-14(17)16-13-6-4-3-5-12(13)10-18-2/h3-6,11H,7-10,15H2,1-2H3,(H,16,17). The number of ether oxygens (including phenoxy) is 1. The van der Waals surface area contributed by atoms with Gasteiger partial charge in [-0.05, 0) is 24.9 Å². The van der Waals surface area contributed by atoms with Crippen LogP contribution < -0.4 is 11.1 Å². The fourth-order valence-corrected chi connectivity index (χ4v) is 1.63. The van der Waals surface area contributed by atoms with Crippen molar-refractivity contribution in [2.45, 2.75) is 26.4 Å². The molecule has 0 saturated heterocycles. The van der Waals surface area contributed by atoms with Crippen molar-refractivity contribution in [2.24, 2.45) is 11.7 Å². The number of benzene rings is 1. The van der Waals surface area contributed by atoms with Crippen LogP contribution in [0, 0.1) is 5.92 Å². The summed E-state index contributed by atoms with van der Waals surface area (Å²) in [5, 5.41) is 2.92. The van der Waals surface area contributed by atoms with Crippen molar-refractivity contribution < 1.29 is 9.53 Å². The summed E-state index contributed by atoms with van der Waals surface area (Å²) in [5.74, 6) is 0.406. The lowest BCUT2D eigenvalue weighted by atomic mass is 10.1. The van der Waals surface area contributed by atoms with Gasteiger partial charge in [0, 0.05) is 24.8 Å². The number of anilines is 1. The van der Waals surface area contributed by atoms with Crippen molar-refractivity contribution in [3.05, 3.63) is 29.8 Å². The number of methoxy groups -OCH3 is 1. The Hall–Kier alpha value is -1.39. The monoisotopic (exact) mass is 250 g/mol. The lowest BCUT2D eigenvalue weighted by molar-refractivity contribution is -0.116. The Balaban J connectivity index is 2.53. The quantitative estimate of drug-likeness (QED) is 0.779. The summed E-state index contributed by atoms with van der Waals surface area (Å²) in [7, 11) is 1.64. The van der Waals surface area contributed by atoms with E-state index in [1.54, 1.807) is 7.11 Å². The molecule has 1 amide bonds. The van der Waals surface area contributed by atoms with E-state index in [1.165, 1.54) is 0 Å². The van der Waals surface area contributed by atoms with E-state index in [2.05, 4.69) is 5.32 Å². The summed E-state index contributed by atoms with van der Waals surface area (Å²) in [6.45, 7) is 3.16. The number of hydrogen-bond donors (Lipinski definition) is 2. The number of carbonyl (C=O) groups is 1. The van der Waals surface area contributed by atoms with Gasteiger partial charge in [-0.1, -0.05) is 25.1 Å². The normalized spacial score (nSPS) is 12.2. The van der Waals surface area contributed by atoms with E-state index in [1.807, 2.05) is 31.2 Å². The number of hydrogen-bond acceptors (Lipinski definition) is 3. The highest BCUT2D eigenvalue weighted by Crippen LogP contribution is 2.16. The summed E-state index contributed by atoms with van der Waals surface area (Å²) in [6.07, 6.45) is 1.31. The predicted octanol–water partition coefficient (Wildman–Crippen LogP) is 2.15. The lowest BCUT2D eigenvalue weighted by Gasteiger charge is -2.11. The van der Waals surface area contributed by atoms with Gasteiger partial charge in [0.15, 0.2) is 0 Å². The highest BCUT2D eigenvalue weighted by Gasteiger charge is 2.08. The van der Waals surface area contributed by atoms with Gasteiger partial charge in [-0.2, -0.15) is 0 Å². The van der Waals surface area contributed by atoms with Crippen molar-refractivity contribution in [2.75, 3.05) is 19.0 Å². The molecular formula is C14H22N2O2. The van der Waals surface area contributed by atoms with Gasteiger partial charge < -0.3 is 15.8 Å². The fraction of sp³-hybridized carbons (Fsp3) is 0.500. The molecule has 1 aromatic rings. The third-order valence-electron chi connectivity index (χ3n) is 2.86. The topological polar surface area (TPSA) is 64.3 Å². The van der Waals surface area contributed by atoms with Crippen LogP contribution in [0.5, 0.6) is 0 Å². The van der Waals surface area contributed by atoms with Crippen LogP contribution in [-0.4, -0.2) is 19.6 Å². The molecule has 3 N–H and O–H groups in total. The van der Waals surface area contributed by atoms with E-state index in [0.717, 1.165) is 17.7 Å². The molecule has 100 valence electrons. The molecule has 18 heavy (non-hydrogen) atoms. The smallest absolute Gasteiger partial charge is 0.224 e. The molecule has 0 heterocycles. The number of carbonyl (C=O) groups excluding carboxylic acids is 1. The minimum absolute atomic E-state index is 0.0267. The minimum atomic E-state index is 0.0267. The third kappa shape index (κ3) is 4.85. The summed E-state index contributed by atoms with van der Waals surface area (Å²) < 4.78 is 5.10. The highest BCUT2D eigenvalue weighted by molar-refractivity contribution is 5.91. The van der Waals surface area contributed by atoms with Crippen LogP contribution in [0.3, 0.4) is 0 Å². The Morgan fingerprint density at radius 2 is 2.17 bits per heavy atom. The maximum Gasteiger partial charge on any atom is 0.224 e. The van der Waals surface area contributed by atoms with Crippen LogP contribution in [-0.2, 0) is 16.1 Å². The second-order valence-corrected chi connectivity index (χ2v) is 4.52. The van der Waals surface area contributed by atoms with E-state index in [9.17, 15) is 4.79 Å². The minimum Gasteiger partial charge on any atom is -0.380 e. The molecule has 4 nitrogen and oxygen atoms in total. The zero-order valence-corrected chi connectivity index (χ0v) is 11.1. The first kappa shape index (κ1) is 14.7. The van der Waals surface area contributed by atoms with E-state index in [0.29, 0.717) is 25.5 Å². The van der Waals surface area contributed by atoms with Gasteiger partial charge in [-0.15, -0.1) is 0 Å². The van der Waals surface area contributed by atoms with Crippen molar-refractivity contribution in [3.8, 4) is 0 Å². The van der Waals surface area contributed by atoms with Gasteiger partial charge in [0.1, 0.15) is 0 Å². The second kappa shape index (κ2) is 7.84. The average molecular weight is 250 g/mol. The first-order valence-electron chi connectivity index (χ1n) is 6.24. The molecule has 0 radical (unpaired) electrons. The maximum absolute atomic E-state index is 11.8. The third-order valence-corrected chi connectivity index (χ3v) is 2.86. The lowest BCUT2D eigenvalue weighted by Crippen LogP contribution is -2.17. The summed E-state index contributed by atoms with van der Waals surface area (Å²) >= 11 is 0. The van der Waals surface area contributed by atoms with Gasteiger partial charge in [-0.3, -0.25) is 4.79 Å². The van der Waals surface area contributed by atoms with Gasteiger partial charge in [-0.25, -0.2) is 0 Å².